The number of benzene rings is 2. The van der Waals surface area contributed by atoms with E-state index >= 15 is 0 Å². The summed E-state index contributed by atoms with van der Waals surface area (Å²) in [7, 11) is 5.40. The average molecular weight is 484 g/mol. The van der Waals surface area contributed by atoms with E-state index in [1.807, 2.05) is 36.5 Å². The second-order valence-corrected chi connectivity index (χ2v) is 14.5. The van der Waals surface area contributed by atoms with Gasteiger partial charge in [-0.2, -0.15) is 13.2 Å². The summed E-state index contributed by atoms with van der Waals surface area (Å²) in [5.41, 5.74) is 4.35. The maximum Gasteiger partial charge on any atom is 0.443 e. The fraction of sp³-hybridized carbons (Fsp3) is 0.280. The number of halogens is 3. The van der Waals surface area contributed by atoms with Crippen LogP contribution < -0.4 is 0 Å². The van der Waals surface area contributed by atoms with Crippen LogP contribution >= 0.6 is 21.4 Å². The van der Waals surface area contributed by atoms with Gasteiger partial charge in [0.2, 0.25) is 0 Å². The molecular formula is C25H24BF3N2S2. The number of hydrogen-bond donors (Lipinski definition) is 0. The molecule has 0 atom stereocenters. The highest BCUT2D eigenvalue weighted by Gasteiger charge is 2.36. The summed E-state index contributed by atoms with van der Waals surface area (Å²) in [5.74, 6) is 0. The fourth-order valence-electron chi connectivity index (χ4n) is 3.90. The van der Waals surface area contributed by atoms with Crippen molar-refractivity contribution in [1.29, 1.82) is 0 Å². The number of thiazole rings is 1. The fourth-order valence-corrected chi connectivity index (χ4v) is 5.95. The molecule has 0 aliphatic carbocycles. The van der Waals surface area contributed by atoms with Gasteiger partial charge in [0.1, 0.15) is 0 Å². The van der Waals surface area contributed by atoms with Crippen molar-refractivity contribution in [3.63, 3.8) is 0 Å². The van der Waals surface area contributed by atoms with Gasteiger partial charge in [0.05, 0.1) is 23.8 Å². The minimum atomic E-state index is -4.50. The molecule has 2 aromatic heterocycles. The van der Waals surface area contributed by atoms with E-state index in [-0.39, 0.29) is 5.52 Å². The number of pyridine rings is 1. The monoisotopic (exact) mass is 484 g/mol. The van der Waals surface area contributed by atoms with Crippen molar-refractivity contribution in [2.75, 3.05) is 18.8 Å². The third-order valence-corrected chi connectivity index (χ3v) is 8.05. The Balaban J connectivity index is 2.01. The molecule has 2 nitrogen and oxygen atoms in total. The quantitative estimate of drug-likeness (QED) is 0.280. The second-order valence-electron chi connectivity index (χ2n) is 9.34. The molecular weight excluding hydrogens is 460 g/mol. The minimum absolute atomic E-state index is 0.283. The van der Waals surface area contributed by atoms with Gasteiger partial charge in [0, 0.05) is 16.7 Å². The van der Waals surface area contributed by atoms with Gasteiger partial charge in [-0.1, -0.05) is 50.2 Å². The number of rotatable bonds is 4. The molecule has 0 spiro atoms. The summed E-state index contributed by atoms with van der Waals surface area (Å²) in [4.78, 5) is 9.89. The summed E-state index contributed by atoms with van der Waals surface area (Å²) >= 11 is 0.635. The van der Waals surface area contributed by atoms with Crippen molar-refractivity contribution in [3.05, 3.63) is 65.3 Å². The van der Waals surface area contributed by atoms with Gasteiger partial charge in [-0.15, -0.1) is 11.3 Å². The van der Waals surface area contributed by atoms with Crippen LogP contribution in [0.15, 0.2) is 59.6 Å². The van der Waals surface area contributed by atoms with Crippen molar-refractivity contribution < 1.29 is 13.2 Å². The maximum absolute atomic E-state index is 13.4. The lowest BCUT2D eigenvalue weighted by Crippen LogP contribution is -2.19. The van der Waals surface area contributed by atoms with Crippen LogP contribution in [0.1, 0.15) is 24.4 Å². The zero-order valence-corrected chi connectivity index (χ0v) is 20.8. The smallest absolute Gasteiger partial charge is 0.255 e. The third-order valence-electron chi connectivity index (χ3n) is 5.34. The van der Waals surface area contributed by atoms with Crippen LogP contribution in [0.2, 0.25) is 0 Å². The molecule has 0 fully saturated rings. The highest BCUT2D eigenvalue weighted by molar-refractivity contribution is 8.32. The van der Waals surface area contributed by atoms with Gasteiger partial charge in [-0.25, -0.2) is 15.0 Å². The molecule has 8 heteroatoms. The van der Waals surface area contributed by atoms with Crippen LogP contribution in [0.4, 0.5) is 13.2 Å². The lowest BCUT2D eigenvalue weighted by atomic mass is 9.65. The highest BCUT2D eigenvalue weighted by Crippen LogP contribution is 2.51. The van der Waals surface area contributed by atoms with Crippen molar-refractivity contribution >= 4 is 39.4 Å². The summed E-state index contributed by atoms with van der Waals surface area (Å²) in [6, 6.07) is 15.6. The topological polar surface area (TPSA) is 25.8 Å². The zero-order valence-electron chi connectivity index (χ0n) is 19.1. The Labute approximate surface area is 199 Å². The summed E-state index contributed by atoms with van der Waals surface area (Å²) in [6.45, 7) is 3.56. The summed E-state index contributed by atoms with van der Waals surface area (Å²) < 4.78 is 40.6. The van der Waals surface area contributed by atoms with Crippen molar-refractivity contribution in [2.24, 2.45) is 0 Å². The van der Waals surface area contributed by atoms with E-state index in [1.54, 1.807) is 19.9 Å². The number of nitrogens with zero attached hydrogens (tertiary/aromatic N) is 2. The van der Waals surface area contributed by atoms with E-state index < -0.39 is 26.5 Å². The predicted molar refractivity (Wildman–Crippen MR) is 136 cm³/mol. The van der Waals surface area contributed by atoms with Crippen molar-refractivity contribution in [3.8, 4) is 22.4 Å². The lowest BCUT2D eigenvalue weighted by Gasteiger charge is -2.29. The molecule has 0 N–H and O–H groups in total. The number of alkyl halides is 3. The molecule has 0 unspecified atom stereocenters. The SMILES string of the molecule is [B]C(C)(C)c1c(-c2cc(-c3ccccc3)c(S(C)(C)C)cn2)ccc2sc(C(F)(F)F)nc12. The van der Waals surface area contributed by atoms with Crippen molar-refractivity contribution in [1.82, 2.24) is 9.97 Å². The molecule has 0 bridgehead atoms. The summed E-state index contributed by atoms with van der Waals surface area (Å²) in [6.07, 6.45) is 4.03. The van der Waals surface area contributed by atoms with Crippen LogP contribution in [-0.2, 0) is 11.5 Å². The lowest BCUT2D eigenvalue weighted by molar-refractivity contribution is -0.137. The van der Waals surface area contributed by atoms with Crippen LogP contribution in [0.3, 0.4) is 0 Å². The van der Waals surface area contributed by atoms with E-state index in [9.17, 15) is 13.2 Å². The van der Waals surface area contributed by atoms with E-state index in [1.165, 1.54) is 4.90 Å². The van der Waals surface area contributed by atoms with Crippen LogP contribution in [0.25, 0.3) is 32.6 Å². The van der Waals surface area contributed by atoms with Gasteiger partial charge in [-0.05, 0) is 52.9 Å². The average Bonchev–Trinajstić information content (AvgIpc) is 3.16. The molecule has 0 amide bonds. The van der Waals surface area contributed by atoms with Crippen LogP contribution in [-0.4, -0.2) is 36.6 Å². The van der Waals surface area contributed by atoms with E-state index in [2.05, 4.69) is 35.9 Å². The number of aromatic nitrogens is 2. The molecule has 2 radical (unpaired) electrons. The molecule has 2 aromatic carbocycles. The molecule has 4 aromatic rings. The third kappa shape index (κ3) is 4.69. The first-order valence-electron chi connectivity index (χ1n) is 10.3. The first-order chi connectivity index (χ1) is 15.3. The molecule has 0 aliphatic rings. The molecule has 0 saturated carbocycles. The van der Waals surface area contributed by atoms with Crippen LogP contribution in [0, 0.1) is 0 Å². The molecule has 170 valence electrons. The van der Waals surface area contributed by atoms with Gasteiger partial charge in [-0.3, -0.25) is 4.98 Å². The Bertz CT molecular complexity index is 1320. The standard InChI is InChI=1S/C25H24BF3N2S2/c1-24(2,26)21-16(11-12-19-22(21)31-23(32-19)25(27,28)29)18-13-17(15-9-7-6-8-10-15)20(14-30-18)33(3,4)5/h6-14H,1-5H3. The normalized spacial score (nSPS) is 13.5. The zero-order chi connectivity index (χ0) is 24.2. The molecule has 2 heterocycles. The number of fused-ring (bicyclic) bond motifs is 1. The molecule has 33 heavy (non-hydrogen) atoms. The van der Waals surface area contributed by atoms with Gasteiger partial charge in [0.25, 0.3) is 0 Å². The first kappa shape index (κ1) is 23.8. The Kier molecular flexibility index (Phi) is 5.90. The molecule has 0 saturated heterocycles. The number of hydrogen-bond acceptors (Lipinski definition) is 3. The minimum Gasteiger partial charge on any atom is -0.255 e. The molecule has 0 aliphatic heterocycles. The first-order valence-corrected chi connectivity index (χ1v) is 14.0. The van der Waals surface area contributed by atoms with Crippen molar-refractivity contribution in [2.45, 2.75) is 30.2 Å². The van der Waals surface area contributed by atoms with Crippen LogP contribution in [0.5, 0.6) is 0 Å². The Hall–Kier alpha value is -2.32. The molecule has 4 rings (SSSR count). The highest BCUT2D eigenvalue weighted by atomic mass is 32.3. The Morgan fingerprint density at radius 1 is 0.939 bits per heavy atom. The largest absolute Gasteiger partial charge is 0.443 e. The van der Waals surface area contributed by atoms with Gasteiger partial charge < -0.3 is 0 Å². The Morgan fingerprint density at radius 3 is 2.18 bits per heavy atom. The van der Waals surface area contributed by atoms with E-state index in [4.69, 9.17) is 12.8 Å². The van der Waals surface area contributed by atoms with E-state index in [0.717, 1.165) is 11.1 Å². The summed E-state index contributed by atoms with van der Waals surface area (Å²) in [5, 5.41) is -1.79. The second kappa shape index (κ2) is 8.17. The maximum atomic E-state index is 13.4. The van der Waals surface area contributed by atoms with E-state index in [0.29, 0.717) is 32.9 Å². The van der Waals surface area contributed by atoms with Gasteiger partial charge >= 0.3 is 6.18 Å². The predicted octanol–water partition coefficient (Wildman–Crippen LogP) is 7.50. The Morgan fingerprint density at radius 2 is 1.61 bits per heavy atom. The van der Waals surface area contributed by atoms with Gasteiger partial charge in [0.15, 0.2) is 5.01 Å².